The average Bonchev–Trinajstić information content (AvgIpc) is 3.02. The number of pyridine rings is 1. The molecule has 0 atom stereocenters. The van der Waals surface area contributed by atoms with Crippen LogP contribution < -0.4 is 10.1 Å². The third kappa shape index (κ3) is 4.31. The molecule has 0 unspecified atom stereocenters. The highest BCUT2D eigenvalue weighted by molar-refractivity contribution is 7.13. The summed E-state index contributed by atoms with van der Waals surface area (Å²) in [6.07, 6.45) is 3.29. The third-order valence-corrected chi connectivity index (χ3v) is 4.70. The molecule has 3 rings (SSSR count). The number of carbonyl (C=O) groups excluding carboxylic acids is 2. The standard InChI is InChI=1S/C19H17N3O3S/c1-12-18(19(24)22-15-6-3-5-14(9-15)13(2)23)26-17(21-12)11-25-16-7-4-8-20-10-16/h3-10H,11H2,1-2H3,(H,22,24). The van der Waals surface area contributed by atoms with Gasteiger partial charge in [-0.2, -0.15) is 0 Å². The number of aromatic nitrogens is 2. The molecule has 2 heterocycles. The predicted octanol–water partition coefficient (Wildman–Crippen LogP) is 3.88. The lowest BCUT2D eigenvalue weighted by molar-refractivity contribution is 0.101. The maximum atomic E-state index is 12.5. The van der Waals surface area contributed by atoms with Crippen LogP contribution in [0.3, 0.4) is 0 Å². The Bertz CT molecular complexity index is 938. The van der Waals surface area contributed by atoms with Crippen LogP contribution in [0.2, 0.25) is 0 Å². The lowest BCUT2D eigenvalue weighted by atomic mass is 10.1. The van der Waals surface area contributed by atoms with E-state index in [1.54, 1.807) is 49.6 Å². The number of carbonyl (C=O) groups is 2. The van der Waals surface area contributed by atoms with Gasteiger partial charge in [0.05, 0.1) is 11.9 Å². The summed E-state index contributed by atoms with van der Waals surface area (Å²) in [6, 6.07) is 10.4. The summed E-state index contributed by atoms with van der Waals surface area (Å²) in [4.78, 5) is 32.9. The molecule has 0 bridgehead atoms. The van der Waals surface area contributed by atoms with Crippen LogP contribution >= 0.6 is 11.3 Å². The van der Waals surface area contributed by atoms with Gasteiger partial charge in [-0.25, -0.2) is 4.98 Å². The number of aryl methyl sites for hydroxylation is 1. The van der Waals surface area contributed by atoms with E-state index >= 15 is 0 Å². The number of hydrogen-bond donors (Lipinski definition) is 1. The Morgan fingerprint density at radius 1 is 1.23 bits per heavy atom. The fraction of sp³-hybridized carbons (Fsp3) is 0.158. The van der Waals surface area contributed by atoms with Crippen molar-refractivity contribution in [2.45, 2.75) is 20.5 Å². The van der Waals surface area contributed by atoms with E-state index in [1.807, 2.05) is 6.07 Å². The van der Waals surface area contributed by atoms with E-state index in [4.69, 9.17) is 4.74 Å². The van der Waals surface area contributed by atoms with Crippen LogP contribution in [0.4, 0.5) is 5.69 Å². The number of anilines is 1. The second-order valence-electron chi connectivity index (χ2n) is 5.59. The summed E-state index contributed by atoms with van der Waals surface area (Å²) < 4.78 is 5.62. The molecule has 0 aliphatic heterocycles. The summed E-state index contributed by atoms with van der Waals surface area (Å²) in [6.45, 7) is 3.54. The first-order valence-corrected chi connectivity index (χ1v) is 8.76. The van der Waals surface area contributed by atoms with Crippen LogP contribution in [-0.2, 0) is 6.61 Å². The number of thiazole rings is 1. The Labute approximate surface area is 154 Å². The molecule has 6 nitrogen and oxygen atoms in total. The molecular weight excluding hydrogens is 350 g/mol. The molecular formula is C19H17N3O3S. The number of rotatable bonds is 6. The summed E-state index contributed by atoms with van der Waals surface area (Å²) in [5, 5.41) is 3.51. The molecule has 0 saturated carbocycles. The fourth-order valence-corrected chi connectivity index (χ4v) is 3.18. The molecule has 0 radical (unpaired) electrons. The van der Waals surface area contributed by atoms with Gasteiger partial charge in [0.2, 0.25) is 0 Å². The Hall–Kier alpha value is -3.06. The van der Waals surface area contributed by atoms with E-state index in [1.165, 1.54) is 18.3 Å². The lowest BCUT2D eigenvalue weighted by Gasteiger charge is -2.05. The van der Waals surface area contributed by atoms with Crippen molar-refractivity contribution in [2.24, 2.45) is 0 Å². The minimum absolute atomic E-state index is 0.0510. The molecule has 7 heteroatoms. The minimum atomic E-state index is -0.256. The van der Waals surface area contributed by atoms with Crippen molar-refractivity contribution in [3.8, 4) is 5.75 Å². The van der Waals surface area contributed by atoms with Gasteiger partial charge in [0.1, 0.15) is 22.2 Å². The van der Waals surface area contributed by atoms with Gasteiger partial charge in [-0.1, -0.05) is 12.1 Å². The van der Waals surface area contributed by atoms with Crippen LogP contribution in [0.1, 0.15) is 37.7 Å². The number of amides is 1. The van der Waals surface area contributed by atoms with E-state index in [0.717, 1.165) is 0 Å². The Morgan fingerprint density at radius 3 is 2.81 bits per heavy atom. The van der Waals surface area contributed by atoms with Crippen molar-refractivity contribution >= 4 is 28.7 Å². The highest BCUT2D eigenvalue weighted by atomic mass is 32.1. The van der Waals surface area contributed by atoms with Gasteiger partial charge in [-0.3, -0.25) is 14.6 Å². The molecule has 0 spiro atoms. The van der Waals surface area contributed by atoms with Crippen molar-refractivity contribution in [1.82, 2.24) is 9.97 Å². The first-order chi connectivity index (χ1) is 12.5. The zero-order chi connectivity index (χ0) is 18.5. The van der Waals surface area contributed by atoms with Gasteiger partial charge in [-0.15, -0.1) is 11.3 Å². The number of nitrogens with one attached hydrogen (secondary N) is 1. The van der Waals surface area contributed by atoms with Gasteiger partial charge in [0, 0.05) is 17.4 Å². The number of benzene rings is 1. The first kappa shape index (κ1) is 17.8. The number of hydrogen-bond acceptors (Lipinski definition) is 6. The Morgan fingerprint density at radius 2 is 2.08 bits per heavy atom. The summed E-state index contributed by atoms with van der Waals surface area (Å²) >= 11 is 1.28. The summed E-state index contributed by atoms with van der Waals surface area (Å²) in [7, 11) is 0. The van der Waals surface area contributed by atoms with Crippen LogP contribution in [0.25, 0.3) is 0 Å². The van der Waals surface area contributed by atoms with Crippen molar-refractivity contribution in [3.63, 3.8) is 0 Å². The number of Topliss-reactive ketones (excluding diaryl/α,β-unsaturated/α-hetero) is 1. The molecule has 0 saturated heterocycles. The topological polar surface area (TPSA) is 81.2 Å². The molecule has 26 heavy (non-hydrogen) atoms. The molecule has 1 N–H and O–H groups in total. The smallest absolute Gasteiger partial charge is 0.267 e. The zero-order valence-corrected chi connectivity index (χ0v) is 15.2. The van der Waals surface area contributed by atoms with Crippen molar-refractivity contribution < 1.29 is 14.3 Å². The van der Waals surface area contributed by atoms with Crippen molar-refractivity contribution in [3.05, 3.63) is 69.9 Å². The van der Waals surface area contributed by atoms with Crippen molar-refractivity contribution in [1.29, 1.82) is 0 Å². The number of ketones is 1. The monoisotopic (exact) mass is 367 g/mol. The first-order valence-electron chi connectivity index (χ1n) is 7.94. The van der Waals surface area contributed by atoms with Crippen LogP contribution in [0.15, 0.2) is 48.8 Å². The fourth-order valence-electron chi connectivity index (χ4n) is 2.31. The van der Waals surface area contributed by atoms with Crippen LogP contribution in [0.5, 0.6) is 5.75 Å². The minimum Gasteiger partial charge on any atom is -0.485 e. The molecule has 0 aliphatic carbocycles. The molecule has 3 aromatic rings. The normalized spacial score (nSPS) is 10.4. The second-order valence-corrected chi connectivity index (χ2v) is 6.67. The van der Waals surface area contributed by atoms with Crippen LogP contribution in [-0.4, -0.2) is 21.7 Å². The third-order valence-electron chi connectivity index (χ3n) is 3.57. The summed E-state index contributed by atoms with van der Waals surface area (Å²) in [5.74, 6) is 0.339. The molecule has 0 fully saturated rings. The van der Waals surface area contributed by atoms with E-state index in [9.17, 15) is 9.59 Å². The molecule has 1 amide bonds. The zero-order valence-electron chi connectivity index (χ0n) is 14.4. The Kier molecular flexibility index (Phi) is 5.38. The van der Waals surface area contributed by atoms with Gasteiger partial charge < -0.3 is 10.1 Å². The SMILES string of the molecule is CC(=O)c1cccc(NC(=O)c2sc(COc3cccnc3)nc2C)c1. The van der Waals surface area contributed by atoms with Crippen molar-refractivity contribution in [2.75, 3.05) is 5.32 Å². The Balaban J connectivity index is 1.69. The van der Waals surface area contributed by atoms with Gasteiger partial charge >= 0.3 is 0 Å². The second kappa shape index (κ2) is 7.88. The van der Waals surface area contributed by atoms with Gasteiger partial charge in [0.15, 0.2) is 5.78 Å². The molecule has 0 aliphatic rings. The quantitative estimate of drug-likeness (QED) is 0.669. The largest absolute Gasteiger partial charge is 0.485 e. The van der Waals surface area contributed by atoms with Crippen LogP contribution in [0, 0.1) is 6.92 Å². The molecule has 132 valence electrons. The highest BCUT2D eigenvalue weighted by Gasteiger charge is 2.16. The van der Waals surface area contributed by atoms with Gasteiger partial charge in [-0.05, 0) is 38.1 Å². The predicted molar refractivity (Wildman–Crippen MR) is 99.8 cm³/mol. The lowest BCUT2D eigenvalue weighted by Crippen LogP contribution is -2.11. The molecule has 1 aromatic carbocycles. The number of ether oxygens (including phenoxy) is 1. The van der Waals surface area contributed by atoms with E-state index in [-0.39, 0.29) is 18.3 Å². The van der Waals surface area contributed by atoms with E-state index in [0.29, 0.717) is 32.6 Å². The average molecular weight is 367 g/mol. The van der Waals surface area contributed by atoms with E-state index in [2.05, 4.69) is 15.3 Å². The van der Waals surface area contributed by atoms with E-state index < -0.39 is 0 Å². The highest BCUT2D eigenvalue weighted by Crippen LogP contribution is 2.22. The number of nitrogens with zero attached hydrogens (tertiary/aromatic N) is 2. The summed E-state index contributed by atoms with van der Waals surface area (Å²) in [5.41, 5.74) is 1.76. The maximum Gasteiger partial charge on any atom is 0.267 e. The van der Waals surface area contributed by atoms with Gasteiger partial charge in [0.25, 0.3) is 5.91 Å². The maximum absolute atomic E-state index is 12.5. The molecule has 2 aromatic heterocycles.